The van der Waals surface area contributed by atoms with Crippen LogP contribution in [0.2, 0.25) is 0 Å². The highest BCUT2D eigenvalue weighted by atomic mass is 16.6. The van der Waals surface area contributed by atoms with E-state index in [2.05, 4.69) is 15.3 Å². The second-order valence-corrected chi connectivity index (χ2v) is 5.89. The molecule has 0 radical (unpaired) electrons. The molecular weight excluding hydrogens is 242 g/mol. The largest absolute Gasteiger partial charge is 0.454 e. The number of anilines is 1. The Balaban J connectivity index is 2.03. The topological polar surface area (TPSA) is 64.1 Å². The molecule has 19 heavy (non-hydrogen) atoms. The molecule has 1 N–H and O–H groups in total. The number of rotatable bonds is 3. The quantitative estimate of drug-likeness (QED) is 0.849. The molecule has 0 amide bonds. The van der Waals surface area contributed by atoms with E-state index < -0.39 is 11.6 Å². The Morgan fingerprint density at radius 1 is 1.37 bits per heavy atom. The van der Waals surface area contributed by atoms with Gasteiger partial charge in [-0.15, -0.1) is 0 Å². The number of carbonyl (C=O) groups is 1. The van der Waals surface area contributed by atoms with Crippen molar-refractivity contribution in [3.8, 4) is 0 Å². The monoisotopic (exact) mass is 263 g/mol. The van der Waals surface area contributed by atoms with E-state index in [1.54, 1.807) is 12.3 Å². The Kier molecular flexibility index (Phi) is 4.02. The Labute approximate surface area is 113 Å². The van der Waals surface area contributed by atoms with E-state index in [9.17, 15) is 4.79 Å². The van der Waals surface area contributed by atoms with Crippen LogP contribution >= 0.6 is 0 Å². The van der Waals surface area contributed by atoms with Gasteiger partial charge < -0.3 is 10.1 Å². The maximum absolute atomic E-state index is 11.9. The fourth-order valence-electron chi connectivity index (χ4n) is 2.14. The lowest BCUT2D eigenvalue weighted by Crippen LogP contribution is -2.25. The zero-order valence-electron chi connectivity index (χ0n) is 11.8. The molecule has 1 aromatic heterocycles. The minimum absolute atomic E-state index is 0.109. The van der Waals surface area contributed by atoms with Gasteiger partial charge in [-0.05, 0) is 39.7 Å². The smallest absolute Gasteiger partial charge is 0.376 e. The minimum atomic E-state index is -0.532. The molecule has 0 saturated heterocycles. The van der Waals surface area contributed by atoms with Gasteiger partial charge in [0.05, 0.1) is 0 Å². The lowest BCUT2D eigenvalue weighted by molar-refractivity contribution is 0.00557. The molecule has 1 heterocycles. The van der Waals surface area contributed by atoms with Crippen LogP contribution in [0.1, 0.15) is 57.1 Å². The van der Waals surface area contributed by atoms with Crippen LogP contribution in [0, 0.1) is 0 Å². The summed E-state index contributed by atoms with van der Waals surface area (Å²) in [5.41, 5.74) is -0.532. The molecule has 1 fully saturated rings. The summed E-state index contributed by atoms with van der Waals surface area (Å²) < 4.78 is 5.26. The minimum Gasteiger partial charge on any atom is -0.454 e. The van der Waals surface area contributed by atoms with Crippen LogP contribution in [0.3, 0.4) is 0 Å². The van der Waals surface area contributed by atoms with Crippen molar-refractivity contribution in [2.24, 2.45) is 0 Å². The van der Waals surface area contributed by atoms with E-state index in [0.29, 0.717) is 11.9 Å². The van der Waals surface area contributed by atoms with E-state index in [-0.39, 0.29) is 5.82 Å². The Morgan fingerprint density at radius 2 is 2.05 bits per heavy atom. The third-order valence-electron chi connectivity index (χ3n) is 2.94. The average molecular weight is 263 g/mol. The van der Waals surface area contributed by atoms with Crippen molar-refractivity contribution >= 4 is 11.8 Å². The van der Waals surface area contributed by atoms with Crippen molar-refractivity contribution in [3.05, 3.63) is 18.1 Å². The van der Waals surface area contributed by atoms with E-state index in [1.807, 2.05) is 20.8 Å². The summed E-state index contributed by atoms with van der Waals surface area (Å²) >= 11 is 0. The lowest BCUT2D eigenvalue weighted by Gasteiger charge is -2.19. The SMILES string of the molecule is CC(C)(C)OC(=O)c1nccc(NC2CCCC2)n1. The van der Waals surface area contributed by atoms with E-state index in [4.69, 9.17) is 4.74 Å². The third-order valence-corrected chi connectivity index (χ3v) is 2.94. The van der Waals surface area contributed by atoms with Crippen LogP contribution in [0.25, 0.3) is 0 Å². The molecule has 0 aromatic carbocycles. The van der Waals surface area contributed by atoms with Crippen molar-refractivity contribution in [2.45, 2.75) is 58.1 Å². The number of ether oxygens (including phenoxy) is 1. The van der Waals surface area contributed by atoms with Crippen LogP contribution in [0.5, 0.6) is 0 Å². The van der Waals surface area contributed by atoms with Crippen LogP contribution in [-0.4, -0.2) is 27.6 Å². The van der Waals surface area contributed by atoms with Crippen LogP contribution in [0.15, 0.2) is 12.3 Å². The second kappa shape index (κ2) is 5.55. The average Bonchev–Trinajstić information content (AvgIpc) is 2.80. The Hall–Kier alpha value is -1.65. The van der Waals surface area contributed by atoms with Gasteiger partial charge in [0.15, 0.2) is 0 Å². The standard InChI is InChI=1S/C14H21N3O2/c1-14(2,3)19-13(18)12-15-9-8-11(17-12)16-10-6-4-5-7-10/h8-10H,4-7H2,1-3H3,(H,15,16,17). The highest BCUT2D eigenvalue weighted by Crippen LogP contribution is 2.21. The molecule has 1 aromatic rings. The van der Waals surface area contributed by atoms with Crippen molar-refractivity contribution in [3.63, 3.8) is 0 Å². The first-order chi connectivity index (χ1) is 8.94. The predicted octanol–water partition coefficient (Wildman–Crippen LogP) is 2.79. The van der Waals surface area contributed by atoms with Crippen LogP contribution in [-0.2, 0) is 4.74 Å². The van der Waals surface area contributed by atoms with Crippen molar-refractivity contribution in [1.29, 1.82) is 0 Å². The van der Waals surface area contributed by atoms with Gasteiger partial charge in [0.25, 0.3) is 0 Å². The van der Waals surface area contributed by atoms with E-state index in [1.165, 1.54) is 12.8 Å². The summed E-state index contributed by atoms with van der Waals surface area (Å²) in [4.78, 5) is 20.1. The number of nitrogens with zero attached hydrogens (tertiary/aromatic N) is 2. The molecule has 1 aliphatic rings. The Morgan fingerprint density at radius 3 is 2.68 bits per heavy atom. The first kappa shape index (κ1) is 13.8. The molecule has 1 saturated carbocycles. The maximum atomic E-state index is 11.9. The fourth-order valence-corrected chi connectivity index (χ4v) is 2.14. The van der Waals surface area contributed by atoms with Crippen molar-refractivity contribution < 1.29 is 9.53 Å². The molecule has 0 unspecified atom stereocenters. The summed E-state index contributed by atoms with van der Waals surface area (Å²) in [5.74, 6) is 0.322. The lowest BCUT2D eigenvalue weighted by atomic mass is 10.2. The van der Waals surface area contributed by atoms with Gasteiger partial charge in [0.2, 0.25) is 5.82 Å². The maximum Gasteiger partial charge on any atom is 0.376 e. The molecule has 1 aliphatic carbocycles. The van der Waals surface area contributed by atoms with Gasteiger partial charge in [-0.25, -0.2) is 14.8 Å². The summed E-state index contributed by atoms with van der Waals surface area (Å²) in [7, 11) is 0. The van der Waals surface area contributed by atoms with E-state index in [0.717, 1.165) is 12.8 Å². The van der Waals surface area contributed by atoms with Crippen molar-refractivity contribution in [1.82, 2.24) is 9.97 Å². The predicted molar refractivity (Wildman–Crippen MR) is 73.1 cm³/mol. The summed E-state index contributed by atoms with van der Waals surface area (Å²) in [6, 6.07) is 2.24. The highest BCUT2D eigenvalue weighted by molar-refractivity contribution is 5.85. The number of hydrogen-bond acceptors (Lipinski definition) is 5. The molecular formula is C14H21N3O2. The molecule has 0 spiro atoms. The van der Waals surface area contributed by atoms with Crippen LogP contribution in [0.4, 0.5) is 5.82 Å². The number of aromatic nitrogens is 2. The number of nitrogens with one attached hydrogen (secondary N) is 1. The molecule has 5 nitrogen and oxygen atoms in total. The normalized spacial score (nSPS) is 16.4. The highest BCUT2D eigenvalue weighted by Gasteiger charge is 2.21. The number of esters is 1. The zero-order chi connectivity index (χ0) is 13.9. The molecule has 0 bridgehead atoms. The van der Waals surface area contributed by atoms with Crippen molar-refractivity contribution in [2.75, 3.05) is 5.32 Å². The first-order valence-electron chi connectivity index (χ1n) is 6.77. The van der Waals surface area contributed by atoms with Gasteiger partial charge in [-0.3, -0.25) is 0 Å². The van der Waals surface area contributed by atoms with Crippen LogP contribution < -0.4 is 5.32 Å². The first-order valence-corrected chi connectivity index (χ1v) is 6.77. The van der Waals surface area contributed by atoms with Gasteiger partial charge in [0.1, 0.15) is 11.4 Å². The molecule has 0 atom stereocenters. The number of carbonyl (C=O) groups excluding carboxylic acids is 1. The van der Waals surface area contributed by atoms with Gasteiger partial charge in [-0.1, -0.05) is 12.8 Å². The van der Waals surface area contributed by atoms with E-state index >= 15 is 0 Å². The molecule has 5 heteroatoms. The van der Waals surface area contributed by atoms with Gasteiger partial charge in [-0.2, -0.15) is 0 Å². The summed E-state index contributed by atoms with van der Waals surface area (Å²) in [5, 5.41) is 3.34. The molecule has 0 aliphatic heterocycles. The third kappa shape index (κ3) is 4.19. The number of hydrogen-bond donors (Lipinski definition) is 1. The Bertz CT molecular complexity index is 448. The second-order valence-electron chi connectivity index (χ2n) is 5.89. The molecule has 104 valence electrons. The van der Waals surface area contributed by atoms with Gasteiger partial charge in [0, 0.05) is 12.2 Å². The fraction of sp³-hybridized carbons (Fsp3) is 0.643. The summed E-state index contributed by atoms with van der Waals surface area (Å²) in [6.45, 7) is 5.47. The van der Waals surface area contributed by atoms with Gasteiger partial charge >= 0.3 is 5.97 Å². The zero-order valence-corrected chi connectivity index (χ0v) is 11.8. The summed E-state index contributed by atoms with van der Waals surface area (Å²) in [6.07, 6.45) is 6.41. The molecule has 2 rings (SSSR count).